The van der Waals surface area contributed by atoms with E-state index < -0.39 is 0 Å². The van der Waals surface area contributed by atoms with Crippen LogP contribution in [0.5, 0.6) is 0 Å². The second-order valence-electron chi connectivity index (χ2n) is 1.41. The van der Waals surface area contributed by atoms with Gasteiger partial charge in [0.05, 0.1) is 0 Å². The van der Waals surface area contributed by atoms with Crippen LogP contribution in [0.2, 0.25) is 4.75 Å². The quantitative estimate of drug-likeness (QED) is 0.556. The number of aliphatic hydroxyl groups is 1. The first-order valence-electron chi connectivity index (χ1n) is 2.09. The first kappa shape index (κ1) is 6.50. The first-order chi connectivity index (χ1) is 2.77. The molecule has 0 bridgehead atoms. The molecular formula is C4H9GeO. The normalized spacial score (nSPS) is 14.5. The zero-order valence-electron chi connectivity index (χ0n) is 3.94. The fraction of sp³-hybridized carbons (Fsp3) is 1.00. The van der Waals surface area contributed by atoms with Crippen LogP contribution in [-0.2, 0) is 0 Å². The summed E-state index contributed by atoms with van der Waals surface area (Å²) in [6, 6.07) is 0. The van der Waals surface area contributed by atoms with Crippen molar-refractivity contribution in [2.45, 2.75) is 18.1 Å². The predicted octanol–water partition coefficient (Wildman–Crippen LogP) is 0.346. The Kier molecular flexibility index (Phi) is 3.99. The summed E-state index contributed by atoms with van der Waals surface area (Å²) < 4.78 is 0.648. The van der Waals surface area contributed by atoms with Crippen LogP contribution in [0.3, 0.4) is 0 Å². The Labute approximate surface area is 47.0 Å². The third-order valence-electron chi connectivity index (χ3n) is 0.562. The summed E-state index contributed by atoms with van der Waals surface area (Å²) in [5, 5.41) is 8.24. The molecule has 0 aliphatic rings. The Morgan fingerprint density at radius 3 is 2.33 bits per heavy atom. The van der Waals surface area contributed by atoms with Gasteiger partial charge in [0.15, 0.2) is 0 Å². The molecule has 0 aromatic carbocycles. The van der Waals surface area contributed by atoms with E-state index in [1.165, 1.54) is 0 Å². The van der Waals surface area contributed by atoms with Gasteiger partial charge >= 0.3 is 46.3 Å². The molecule has 6 heavy (non-hydrogen) atoms. The molecule has 0 amide bonds. The van der Waals surface area contributed by atoms with Gasteiger partial charge in [-0.3, -0.25) is 0 Å². The molecule has 3 radical (unpaired) electrons. The van der Waals surface area contributed by atoms with E-state index >= 15 is 0 Å². The van der Waals surface area contributed by atoms with Gasteiger partial charge in [0.1, 0.15) is 0 Å². The molecule has 0 saturated heterocycles. The fourth-order valence-electron chi connectivity index (χ4n) is 0.194. The minimum atomic E-state index is 0.331. The molecule has 0 fully saturated rings. The molecule has 0 rings (SSSR count). The number of aliphatic hydroxyl groups excluding tert-OH is 1. The third-order valence-corrected chi connectivity index (χ3v) is 1.17. The molecule has 0 heterocycles. The van der Waals surface area contributed by atoms with Crippen molar-refractivity contribution in [1.29, 1.82) is 0 Å². The average Bonchev–Trinajstić information content (AvgIpc) is 1.35. The monoisotopic (exact) mass is 147 g/mol. The molecule has 0 spiro atoms. The summed E-state index contributed by atoms with van der Waals surface area (Å²) in [4.78, 5) is 0. The summed E-state index contributed by atoms with van der Waals surface area (Å²) in [6.45, 7) is 2.42. The second kappa shape index (κ2) is 3.68. The van der Waals surface area contributed by atoms with Crippen LogP contribution < -0.4 is 0 Å². The zero-order valence-corrected chi connectivity index (χ0v) is 6.04. The topological polar surface area (TPSA) is 20.2 Å². The van der Waals surface area contributed by atoms with Gasteiger partial charge in [-0.1, -0.05) is 0 Å². The predicted molar refractivity (Wildman–Crippen MR) is 26.9 cm³/mol. The first-order valence-corrected chi connectivity index (χ1v) is 3.30. The van der Waals surface area contributed by atoms with Crippen molar-refractivity contribution in [3.63, 3.8) is 0 Å². The summed E-state index contributed by atoms with van der Waals surface area (Å²) >= 11 is 2.09. The Bertz CT molecular complexity index is 28.7. The number of hydrogen-bond acceptors (Lipinski definition) is 1. The zero-order chi connectivity index (χ0) is 4.99. The van der Waals surface area contributed by atoms with E-state index in [2.05, 4.69) is 23.4 Å². The molecular weight excluding hydrogens is 137 g/mol. The van der Waals surface area contributed by atoms with Crippen molar-refractivity contribution in [1.82, 2.24) is 0 Å². The molecule has 35 valence electrons. The molecule has 2 heteroatoms. The summed E-state index contributed by atoms with van der Waals surface area (Å²) in [7, 11) is 0. The van der Waals surface area contributed by atoms with Crippen molar-refractivity contribution < 1.29 is 5.11 Å². The molecule has 0 aliphatic heterocycles. The average molecular weight is 146 g/mol. The van der Waals surface area contributed by atoms with Crippen LogP contribution in [0, 0.1) is 0 Å². The van der Waals surface area contributed by atoms with Crippen molar-refractivity contribution in [3.8, 4) is 0 Å². The van der Waals surface area contributed by atoms with Crippen molar-refractivity contribution in [2.75, 3.05) is 6.61 Å². The van der Waals surface area contributed by atoms with E-state index in [1.54, 1.807) is 0 Å². The van der Waals surface area contributed by atoms with E-state index in [-0.39, 0.29) is 0 Å². The van der Waals surface area contributed by atoms with E-state index in [0.717, 1.165) is 6.42 Å². The minimum absolute atomic E-state index is 0.331. The molecule has 0 aliphatic carbocycles. The Balaban J connectivity index is 2.63. The van der Waals surface area contributed by atoms with Gasteiger partial charge in [-0.15, -0.1) is 0 Å². The van der Waals surface area contributed by atoms with E-state index in [0.29, 0.717) is 11.4 Å². The van der Waals surface area contributed by atoms with Crippen LogP contribution in [0.25, 0.3) is 0 Å². The van der Waals surface area contributed by atoms with Crippen molar-refractivity contribution in [2.24, 2.45) is 0 Å². The number of rotatable bonds is 2. The van der Waals surface area contributed by atoms with E-state index in [4.69, 9.17) is 5.11 Å². The van der Waals surface area contributed by atoms with Gasteiger partial charge in [0.25, 0.3) is 0 Å². The molecule has 0 aromatic heterocycles. The van der Waals surface area contributed by atoms with Crippen LogP contribution in [0.4, 0.5) is 0 Å². The van der Waals surface area contributed by atoms with Gasteiger partial charge in [-0.2, -0.15) is 0 Å². The molecule has 1 nitrogen and oxygen atoms in total. The second-order valence-corrected chi connectivity index (χ2v) is 3.48. The van der Waals surface area contributed by atoms with Gasteiger partial charge in [-0.25, -0.2) is 0 Å². The molecule has 0 aromatic rings. The standard InChI is InChI=1S/C4H9GeO/c1-4(5)2-3-6/h4,6H,2-3H2,1H3. The summed E-state index contributed by atoms with van der Waals surface area (Å²) in [5.41, 5.74) is 0. The van der Waals surface area contributed by atoms with Crippen molar-refractivity contribution >= 4 is 16.5 Å². The van der Waals surface area contributed by atoms with Gasteiger partial charge in [0, 0.05) is 0 Å². The maximum atomic E-state index is 8.24. The SMILES string of the molecule is C[CH]([Ge])CCO. The van der Waals surface area contributed by atoms with Crippen LogP contribution in [0.1, 0.15) is 13.3 Å². The fourth-order valence-corrected chi connectivity index (χ4v) is 0.465. The Morgan fingerprint density at radius 2 is 2.33 bits per heavy atom. The van der Waals surface area contributed by atoms with Crippen LogP contribution in [0.15, 0.2) is 0 Å². The maximum absolute atomic E-state index is 8.24. The Morgan fingerprint density at radius 1 is 1.83 bits per heavy atom. The van der Waals surface area contributed by atoms with E-state index in [1.807, 2.05) is 0 Å². The third kappa shape index (κ3) is 4.50. The van der Waals surface area contributed by atoms with E-state index in [9.17, 15) is 0 Å². The molecule has 1 atom stereocenters. The molecule has 1 N–H and O–H groups in total. The molecule has 1 unspecified atom stereocenters. The van der Waals surface area contributed by atoms with Crippen LogP contribution in [-0.4, -0.2) is 28.2 Å². The van der Waals surface area contributed by atoms with Gasteiger partial charge in [-0.05, 0) is 0 Å². The summed E-state index contributed by atoms with van der Waals surface area (Å²) in [6.07, 6.45) is 0.931. The van der Waals surface area contributed by atoms with Crippen LogP contribution >= 0.6 is 0 Å². The van der Waals surface area contributed by atoms with Crippen molar-refractivity contribution in [3.05, 3.63) is 0 Å². The van der Waals surface area contributed by atoms with Gasteiger partial charge < -0.3 is 0 Å². The Hall–Kier alpha value is 0.503. The summed E-state index contributed by atoms with van der Waals surface area (Å²) in [5.74, 6) is 0. The molecule has 0 saturated carbocycles. The number of hydrogen-bond donors (Lipinski definition) is 1. The van der Waals surface area contributed by atoms with Gasteiger partial charge in [0.2, 0.25) is 0 Å².